The molecule has 326 valence electrons. The number of aliphatic hydroxyl groups excluding tert-OH is 3. The van der Waals surface area contributed by atoms with Crippen LogP contribution in [-0.4, -0.2) is 96.0 Å². The fourth-order valence-electron chi connectivity index (χ4n) is 5.82. The van der Waals surface area contributed by atoms with Gasteiger partial charge in [-0.1, -0.05) is 138 Å². The van der Waals surface area contributed by atoms with Gasteiger partial charge in [-0.25, -0.2) is 0 Å². The standard InChI is InChI=1S/C44H72O12S/c1-3-5-7-9-11-13-15-17-19-21-23-25-27-29-31-33-40(46)55-37(35-54-44-43(49)42(48)41(47)38(56-44)36-57(50,51)52)34-53-39(45)32-30-28-26-24-22-20-18-16-14-12-10-8-6-4-2/h5,7,9-13,15-19,37-38,41-44,47-49H,3-4,6,8,14,20-36H2,1-2H3,(H,50,51,52)/b7-5+,11-9+,12-10+,15-13+,18-16+,19-17+/t37-,38-,41-,42?,43?,44+/m1/s1. The van der Waals surface area contributed by atoms with Crippen molar-refractivity contribution in [2.45, 2.75) is 173 Å². The van der Waals surface area contributed by atoms with Crippen molar-refractivity contribution in [3.05, 3.63) is 72.9 Å². The van der Waals surface area contributed by atoms with Crippen LogP contribution in [0, 0.1) is 0 Å². The van der Waals surface area contributed by atoms with Crippen molar-refractivity contribution in [3.8, 4) is 0 Å². The highest BCUT2D eigenvalue weighted by Gasteiger charge is 2.46. The van der Waals surface area contributed by atoms with Gasteiger partial charge in [-0.05, 0) is 57.8 Å². The Morgan fingerprint density at radius 2 is 1.18 bits per heavy atom. The molecule has 0 aliphatic carbocycles. The molecule has 0 aromatic rings. The Bertz CT molecular complexity index is 1340. The van der Waals surface area contributed by atoms with E-state index in [4.69, 9.17) is 18.9 Å². The molecule has 1 aliphatic heterocycles. The minimum atomic E-state index is -4.61. The summed E-state index contributed by atoms with van der Waals surface area (Å²) < 4.78 is 53.9. The number of unbranched alkanes of at least 4 members (excludes halogenated alkanes) is 12. The van der Waals surface area contributed by atoms with Crippen molar-refractivity contribution >= 4 is 22.1 Å². The highest BCUT2D eigenvalue weighted by molar-refractivity contribution is 7.85. The second kappa shape index (κ2) is 34.0. The van der Waals surface area contributed by atoms with Gasteiger partial charge >= 0.3 is 11.9 Å². The van der Waals surface area contributed by atoms with Crippen molar-refractivity contribution in [1.29, 1.82) is 0 Å². The second-order valence-corrected chi connectivity index (χ2v) is 15.9. The number of rotatable bonds is 33. The predicted octanol–water partition coefficient (Wildman–Crippen LogP) is 7.94. The maximum atomic E-state index is 12.8. The normalized spacial score (nSPS) is 21.3. The monoisotopic (exact) mass is 824 g/mol. The van der Waals surface area contributed by atoms with Gasteiger partial charge in [0.1, 0.15) is 36.8 Å². The second-order valence-electron chi connectivity index (χ2n) is 14.4. The zero-order valence-electron chi connectivity index (χ0n) is 34.4. The van der Waals surface area contributed by atoms with E-state index in [-0.39, 0.29) is 19.4 Å². The van der Waals surface area contributed by atoms with Crippen molar-refractivity contribution in [2.75, 3.05) is 19.0 Å². The van der Waals surface area contributed by atoms with E-state index in [1.807, 2.05) is 36.5 Å². The van der Waals surface area contributed by atoms with E-state index >= 15 is 0 Å². The van der Waals surface area contributed by atoms with E-state index in [9.17, 15) is 37.9 Å². The first-order valence-electron chi connectivity index (χ1n) is 21.0. The van der Waals surface area contributed by atoms with E-state index in [1.165, 1.54) is 12.8 Å². The van der Waals surface area contributed by atoms with Crippen LogP contribution in [0.4, 0.5) is 0 Å². The quantitative estimate of drug-likeness (QED) is 0.0165. The number of aliphatic hydroxyl groups is 3. The Morgan fingerprint density at radius 3 is 1.79 bits per heavy atom. The van der Waals surface area contributed by atoms with E-state index in [0.717, 1.165) is 83.5 Å². The van der Waals surface area contributed by atoms with Crippen LogP contribution in [-0.2, 0) is 38.7 Å². The minimum absolute atomic E-state index is 0.131. The lowest BCUT2D eigenvalue weighted by Crippen LogP contribution is -2.60. The number of hydrogen-bond acceptors (Lipinski definition) is 11. The highest BCUT2D eigenvalue weighted by atomic mass is 32.2. The molecule has 1 heterocycles. The van der Waals surface area contributed by atoms with E-state index in [2.05, 4.69) is 50.3 Å². The first-order valence-corrected chi connectivity index (χ1v) is 22.7. The SMILES string of the molecule is CC/C=C/C=C/C=C/C=C/CCCCCCCC(=O)O[C@H](COC(=O)CCCCCCC/C=C/C/C=C/CCCC)CO[C@H]1O[C@H](CS(=O)(=O)O)[C@@H](O)C(O)C1O. The van der Waals surface area contributed by atoms with Crippen molar-refractivity contribution < 1.29 is 56.8 Å². The molecule has 1 fully saturated rings. The summed E-state index contributed by atoms with van der Waals surface area (Å²) in [7, 11) is -4.61. The highest BCUT2D eigenvalue weighted by Crippen LogP contribution is 2.24. The molecular weight excluding hydrogens is 753 g/mol. The van der Waals surface area contributed by atoms with Crippen LogP contribution in [0.1, 0.15) is 136 Å². The van der Waals surface area contributed by atoms with Crippen LogP contribution in [0.5, 0.6) is 0 Å². The summed E-state index contributed by atoms with van der Waals surface area (Å²) in [5.41, 5.74) is 0. The molecule has 2 unspecified atom stereocenters. The molecule has 6 atom stereocenters. The summed E-state index contributed by atoms with van der Waals surface area (Å²) in [5.74, 6) is -2.04. The summed E-state index contributed by atoms with van der Waals surface area (Å²) in [6.45, 7) is 3.52. The number of esters is 2. The first kappa shape index (κ1) is 52.1. The molecule has 0 aromatic carbocycles. The number of carbonyl (C=O) groups excluding carboxylic acids is 2. The average Bonchev–Trinajstić information content (AvgIpc) is 3.17. The fraction of sp³-hybridized carbons (Fsp3) is 0.682. The number of hydrogen-bond donors (Lipinski definition) is 4. The van der Waals surface area contributed by atoms with Gasteiger partial charge in [0.25, 0.3) is 10.1 Å². The Hall–Kier alpha value is -2.91. The number of allylic oxidation sites excluding steroid dienone is 12. The summed E-state index contributed by atoms with van der Waals surface area (Å²) >= 11 is 0. The van der Waals surface area contributed by atoms with Crippen LogP contribution >= 0.6 is 0 Å². The minimum Gasteiger partial charge on any atom is -0.462 e. The molecular formula is C44H72O12S. The third kappa shape index (κ3) is 29.0. The van der Waals surface area contributed by atoms with Crippen molar-refractivity contribution in [2.24, 2.45) is 0 Å². The zero-order chi connectivity index (χ0) is 42.0. The molecule has 0 amide bonds. The molecule has 57 heavy (non-hydrogen) atoms. The van der Waals surface area contributed by atoms with E-state index in [1.54, 1.807) is 0 Å². The maximum absolute atomic E-state index is 12.8. The Kier molecular flexibility index (Phi) is 31.1. The van der Waals surface area contributed by atoms with Crippen LogP contribution in [0.25, 0.3) is 0 Å². The van der Waals surface area contributed by atoms with Crippen molar-refractivity contribution in [1.82, 2.24) is 0 Å². The molecule has 1 aliphatic rings. The molecule has 0 bridgehead atoms. The molecule has 1 saturated heterocycles. The van der Waals surface area contributed by atoms with E-state index in [0.29, 0.717) is 12.8 Å². The molecule has 13 heteroatoms. The molecule has 0 spiro atoms. The lowest BCUT2D eigenvalue weighted by molar-refractivity contribution is -0.297. The summed E-state index contributed by atoms with van der Waals surface area (Å²) in [5, 5.41) is 30.8. The van der Waals surface area contributed by atoms with E-state index < -0.39 is 71.2 Å². The van der Waals surface area contributed by atoms with Gasteiger partial charge in [-0.15, -0.1) is 0 Å². The van der Waals surface area contributed by atoms with Crippen LogP contribution in [0.3, 0.4) is 0 Å². The van der Waals surface area contributed by atoms with Crippen LogP contribution in [0.15, 0.2) is 72.9 Å². The smallest absolute Gasteiger partial charge is 0.306 e. The summed E-state index contributed by atoms with van der Waals surface area (Å²) in [6.07, 6.45) is 32.3. The Morgan fingerprint density at radius 1 is 0.632 bits per heavy atom. The molecule has 1 rings (SSSR count). The predicted molar refractivity (Wildman–Crippen MR) is 224 cm³/mol. The van der Waals surface area contributed by atoms with Gasteiger partial charge in [-0.2, -0.15) is 8.42 Å². The lowest BCUT2D eigenvalue weighted by Gasteiger charge is -2.40. The zero-order valence-corrected chi connectivity index (χ0v) is 35.2. The van der Waals surface area contributed by atoms with Gasteiger partial charge < -0.3 is 34.3 Å². The van der Waals surface area contributed by atoms with Gasteiger partial charge in [-0.3, -0.25) is 14.1 Å². The molecule has 0 saturated carbocycles. The molecule has 0 radical (unpaired) electrons. The van der Waals surface area contributed by atoms with Crippen molar-refractivity contribution in [3.63, 3.8) is 0 Å². The van der Waals surface area contributed by atoms with Gasteiger partial charge in [0.2, 0.25) is 0 Å². The number of ether oxygens (including phenoxy) is 4. The third-order valence-electron chi connectivity index (χ3n) is 9.11. The number of carbonyl (C=O) groups is 2. The van der Waals surface area contributed by atoms with Gasteiger partial charge in [0.05, 0.1) is 6.61 Å². The molecule has 4 N–H and O–H groups in total. The summed E-state index contributed by atoms with van der Waals surface area (Å²) in [4.78, 5) is 25.3. The van der Waals surface area contributed by atoms with Crippen LogP contribution in [0.2, 0.25) is 0 Å². The van der Waals surface area contributed by atoms with Crippen LogP contribution < -0.4 is 0 Å². The molecule has 12 nitrogen and oxygen atoms in total. The Labute approximate surface area is 342 Å². The average molecular weight is 825 g/mol. The maximum Gasteiger partial charge on any atom is 0.306 e. The topological polar surface area (TPSA) is 186 Å². The fourth-order valence-corrected chi connectivity index (χ4v) is 6.51. The lowest BCUT2D eigenvalue weighted by atomic mass is 10.00. The largest absolute Gasteiger partial charge is 0.462 e. The van der Waals surface area contributed by atoms with Gasteiger partial charge in [0.15, 0.2) is 12.4 Å². The first-order chi connectivity index (χ1) is 27.5. The Balaban J connectivity index is 2.52. The molecule has 0 aromatic heterocycles. The summed E-state index contributed by atoms with van der Waals surface area (Å²) in [6, 6.07) is 0. The van der Waals surface area contributed by atoms with Gasteiger partial charge in [0, 0.05) is 12.8 Å². The third-order valence-corrected chi connectivity index (χ3v) is 9.86.